The molecule has 0 aromatic heterocycles. The Morgan fingerprint density at radius 1 is 1.30 bits per heavy atom. The van der Waals surface area contributed by atoms with Crippen LogP contribution in [0.5, 0.6) is 5.75 Å². The molecule has 5 heteroatoms. The van der Waals surface area contributed by atoms with E-state index in [2.05, 4.69) is 26.8 Å². The number of ether oxygens (including phenoxy) is 1. The third-order valence-corrected chi connectivity index (χ3v) is 4.48. The van der Waals surface area contributed by atoms with Gasteiger partial charge < -0.3 is 15.4 Å². The SMILES string of the molecule is Cc1cc(OCC(=O)N2CCC(C(N)=O)CC2)ccc1C(C)C. The van der Waals surface area contributed by atoms with Crippen LogP contribution in [-0.4, -0.2) is 36.4 Å². The van der Waals surface area contributed by atoms with Crippen molar-refractivity contribution in [1.82, 2.24) is 4.90 Å². The number of benzene rings is 1. The predicted octanol–water partition coefficient (Wildman–Crippen LogP) is 2.22. The lowest BCUT2D eigenvalue weighted by Gasteiger charge is -2.30. The van der Waals surface area contributed by atoms with Crippen LogP contribution in [0.1, 0.15) is 43.7 Å². The van der Waals surface area contributed by atoms with Gasteiger partial charge in [0.15, 0.2) is 6.61 Å². The van der Waals surface area contributed by atoms with E-state index in [9.17, 15) is 9.59 Å². The van der Waals surface area contributed by atoms with Crippen LogP contribution in [0.4, 0.5) is 0 Å². The van der Waals surface area contributed by atoms with Crippen LogP contribution < -0.4 is 10.5 Å². The summed E-state index contributed by atoms with van der Waals surface area (Å²) in [5.74, 6) is 0.767. The minimum Gasteiger partial charge on any atom is -0.484 e. The maximum atomic E-state index is 12.2. The highest BCUT2D eigenvalue weighted by Gasteiger charge is 2.25. The number of amides is 2. The average molecular weight is 318 g/mol. The molecule has 0 atom stereocenters. The molecule has 23 heavy (non-hydrogen) atoms. The van der Waals surface area contributed by atoms with Crippen molar-refractivity contribution >= 4 is 11.8 Å². The summed E-state index contributed by atoms with van der Waals surface area (Å²) < 4.78 is 5.63. The zero-order valence-corrected chi connectivity index (χ0v) is 14.2. The molecule has 1 aromatic rings. The third-order valence-electron chi connectivity index (χ3n) is 4.48. The van der Waals surface area contributed by atoms with Gasteiger partial charge in [0, 0.05) is 19.0 Å². The molecule has 0 unspecified atom stereocenters. The second-order valence-electron chi connectivity index (χ2n) is 6.52. The van der Waals surface area contributed by atoms with Crippen molar-refractivity contribution < 1.29 is 14.3 Å². The zero-order chi connectivity index (χ0) is 17.0. The standard InChI is InChI=1S/C18H26N2O3/c1-12(2)16-5-4-15(10-13(16)3)23-11-17(21)20-8-6-14(7-9-20)18(19)22/h4-5,10,12,14H,6-9,11H2,1-3H3,(H2,19,22). The van der Waals surface area contributed by atoms with Gasteiger partial charge in [-0.3, -0.25) is 9.59 Å². The summed E-state index contributed by atoms with van der Waals surface area (Å²) in [6, 6.07) is 5.94. The fourth-order valence-corrected chi connectivity index (χ4v) is 3.04. The van der Waals surface area contributed by atoms with Crippen molar-refractivity contribution in [3.8, 4) is 5.75 Å². The molecule has 1 aliphatic rings. The lowest BCUT2D eigenvalue weighted by molar-refractivity contribution is -0.136. The highest BCUT2D eigenvalue weighted by Crippen LogP contribution is 2.23. The first kappa shape index (κ1) is 17.3. The first-order valence-corrected chi connectivity index (χ1v) is 8.19. The van der Waals surface area contributed by atoms with E-state index in [4.69, 9.17) is 10.5 Å². The molecule has 0 aliphatic carbocycles. The minimum absolute atomic E-state index is 0.0295. The monoisotopic (exact) mass is 318 g/mol. The van der Waals surface area contributed by atoms with Gasteiger partial charge >= 0.3 is 0 Å². The van der Waals surface area contributed by atoms with Gasteiger partial charge in [-0.25, -0.2) is 0 Å². The Labute approximate surface area is 137 Å². The van der Waals surface area contributed by atoms with E-state index >= 15 is 0 Å². The number of aryl methyl sites for hydroxylation is 1. The molecule has 2 rings (SSSR count). The summed E-state index contributed by atoms with van der Waals surface area (Å²) >= 11 is 0. The van der Waals surface area contributed by atoms with Crippen molar-refractivity contribution in [1.29, 1.82) is 0 Å². The normalized spacial score (nSPS) is 15.7. The Kier molecular flexibility index (Phi) is 5.64. The van der Waals surface area contributed by atoms with Gasteiger partial charge in [0.05, 0.1) is 0 Å². The molecule has 2 N–H and O–H groups in total. The fourth-order valence-electron chi connectivity index (χ4n) is 3.04. The second kappa shape index (κ2) is 7.49. The lowest BCUT2D eigenvalue weighted by atomic mass is 9.96. The van der Waals surface area contributed by atoms with Gasteiger partial charge in [0.1, 0.15) is 5.75 Å². The van der Waals surface area contributed by atoms with Gasteiger partial charge in [-0.05, 0) is 48.9 Å². The zero-order valence-electron chi connectivity index (χ0n) is 14.2. The molecule has 0 radical (unpaired) electrons. The van der Waals surface area contributed by atoms with Gasteiger partial charge in [-0.2, -0.15) is 0 Å². The van der Waals surface area contributed by atoms with Crippen LogP contribution in [0.2, 0.25) is 0 Å². The van der Waals surface area contributed by atoms with Crippen LogP contribution in [-0.2, 0) is 9.59 Å². The van der Waals surface area contributed by atoms with Gasteiger partial charge in [-0.1, -0.05) is 19.9 Å². The average Bonchev–Trinajstić information content (AvgIpc) is 2.52. The highest BCUT2D eigenvalue weighted by atomic mass is 16.5. The first-order valence-electron chi connectivity index (χ1n) is 8.19. The van der Waals surface area contributed by atoms with Crippen molar-refractivity contribution in [3.63, 3.8) is 0 Å². The van der Waals surface area contributed by atoms with Crippen LogP contribution in [0.15, 0.2) is 18.2 Å². The molecular formula is C18H26N2O3. The largest absolute Gasteiger partial charge is 0.484 e. The number of primary amides is 1. The molecule has 126 valence electrons. The van der Waals surface area contributed by atoms with E-state index in [0.717, 1.165) is 0 Å². The molecule has 1 heterocycles. The van der Waals surface area contributed by atoms with E-state index in [1.165, 1.54) is 11.1 Å². The van der Waals surface area contributed by atoms with E-state index in [0.29, 0.717) is 37.6 Å². The number of carbonyl (C=O) groups excluding carboxylic acids is 2. The maximum Gasteiger partial charge on any atom is 0.260 e. The number of nitrogens with two attached hydrogens (primary N) is 1. The second-order valence-corrected chi connectivity index (χ2v) is 6.52. The molecule has 0 spiro atoms. The molecule has 0 bridgehead atoms. The van der Waals surface area contributed by atoms with E-state index < -0.39 is 0 Å². The topological polar surface area (TPSA) is 72.6 Å². The van der Waals surface area contributed by atoms with Gasteiger partial charge in [0.2, 0.25) is 5.91 Å². The molecule has 1 fully saturated rings. The molecule has 1 aliphatic heterocycles. The van der Waals surface area contributed by atoms with Gasteiger partial charge in [0.25, 0.3) is 5.91 Å². The van der Waals surface area contributed by atoms with Crippen LogP contribution in [0, 0.1) is 12.8 Å². The number of rotatable bonds is 5. The smallest absolute Gasteiger partial charge is 0.260 e. The Morgan fingerprint density at radius 3 is 2.48 bits per heavy atom. The molecule has 1 saturated heterocycles. The molecular weight excluding hydrogens is 292 g/mol. The van der Waals surface area contributed by atoms with Crippen molar-refractivity contribution in [2.75, 3.05) is 19.7 Å². The van der Waals surface area contributed by atoms with Crippen LogP contribution in [0.3, 0.4) is 0 Å². The Bertz CT molecular complexity index is 576. The summed E-state index contributed by atoms with van der Waals surface area (Å²) in [4.78, 5) is 25.1. The quantitative estimate of drug-likeness (QED) is 0.905. The summed E-state index contributed by atoms with van der Waals surface area (Å²) in [5.41, 5.74) is 7.77. The number of nitrogens with zero attached hydrogens (tertiary/aromatic N) is 1. The van der Waals surface area contributed by atoms with Crippen molar-refractivity contribution in [2.24, 2.45) is 11.7 Å². The molecule has 2 amide bonds. The Morgan fingerprint density at radius 2 is 1.96 bits per heavy atom. The summed E-state index contributed by atoms with van der Waals surface area (Å²) in [7, 11) is 0. The van der Waals surface area contributed by atoms with E-state index in [-0.39, 0.29) is 24.3 Å². The van der Waals surface area contributed by atoms with E-state index in [1.54, 1.807) is 4.90 Å². The highest BCUT2D eigenvalue weighted by molar-refractivity contribution is 5.79. The van der Waals surface area contributed by atoms with Crippen molar-refractivity contribution in [2.45, 2.75) is 39.5 Å². The van der Waals surface area contributed by atoms with E-state index in [1.807, 2.05) is 12.1 Å². The predicted molar refractivity (Wildman–Crippen MR) is 89.3 cm³/mol. The summed E-state index contributed by atoms with van der Waals surface area (Å²) in [5, 5.41) is 0. The third kappa shape index (κ3) is 4.47. The lowest BCUT2D eigenvalue weighted by Crippen LogP contribution is -2.43. The number of hydrogen-bond donors (Lipinski definition) is 1. The number of likely N-dealkylation sites (tertiary alicyclic amines) is 1. The Balaban J connectivity index is 1.85. The van der Waals surface area contributed by atoms with Gasteiger partial charge in [-0.15, -0.1) is 0 Å². The summed E-state index contributed by atoms with van der Waals surface area (Å²) in [6.45, 7) is 7.53. The first-order chi connectivity index (χ1) is 10.9. The van der Waals surface area contributed by atoms with Crippen LogP contribution >= 0.6 is 0 Å². The van der Waals surface area contributed by atoms with Crippen LogP contribution in [0.25, 0.3) is 0 Å². The summed E-state index contributed by atoms with van der Waals surface area (Å²) in [6.07, 6.45) is 1.28. The number of hydrogen-bond acceptors (Lipinski definition) is 3. The minimum atomic E-state index is -0.269. The Hall–Kier alpha value is -2.04. The number of piperidine rings is 1. The fraction of sp³-hybridized carbons (Fsp3) is 0.556. The molecule has 1 aromatic carbocycles. The molecule has 0 saturated carbocycles. The number of carbonyl (C=O) groups is 2. The molecule has 5 nitrogen and oxygen atoms in total. The maximum absolute atomic E-state index is 12.2. The van der Waals surface area contributed by atoms with Crippen molar-refractivity contribution in [3.05, 3.63) is 29.3 Å².